The van der Waals surface area contributed by atoms with Crippen molar-refractivity contribution in [3.8, 4) is 11.5 Å². The molecule has 0 aliphatic rings. The van der Waals surface area contributed by atoms with E-state index in [4.69, 9.17) is 20.3 Å². The molecule has 1 aromatic rings. The molecule has 0 bridgehead atoms. The molecular formula is C18H29NO4. The SMILES string of the molecule is CCOc1ccc(OCC)c(C(C)C(CC)CC(N)C(=O)O)c1. The lowest BCUT2D eigenvalue weighted by atomic mass is 9.81. The number of hydrogen-bond acceptors (Lipinski definition) is 4. The molecule has 1 aromatic carbocycles. The maximum absolute atomic E-state index is 11.0. The minimum Gasteiger partial charge on any atom is -0.494 e. The monoisotopic (exact) mass is 323 g/mol. The van der Waals surface area contributed by atoms with Crippen LogP contribution in [-0.4, -0.2) is 30.3 Å². The molecule has 0 aliphatic heterocycles. The van der Waals surface area contributed by atoms with Crippen molar-refractivity contribution in [1.82, 2.24) is 0 Å². The summed E-state index contributed by atoms with van der Waals surface area (Å²) in [5.41, 5.74) is 6.77. The molecule has 0 fully saturated rings. The molecule has 5 heteroatoms. The number of ether oxygens (including phenoxy) is 2. The number of nitrogens with two attached hydrogens (primary N) is 1. The number of rotatable bonds is 10. The molecule has 0 radical (unpaired) electrons. The summed E-state index contributed by atoms with van der Waals surface area (Å²) in [5.74, 6) is 0.967. The Labute approximate surface area is 138 Å². The van der Waals surface area contributed by atoms with E-state index in [1.165, 1.54) is 0 Å². The molecule has 3 N–H and O–H groups in total. The van der Waals surface area contributed by atoms with Crippen LogP contribution in [0.5, 0.6) is 11.5 Å². The van der Waals surface area contributed by atoms with Crippen molar-refractivity contribution in [1.29, 1.82) is 0 Å². The minimum atomic E-state index is -0.955. The second-order valence-electron chi connectivity index (χ2n) is 5.70. The van der Waals surface area contributed by atoms with Crippen LogP contribution in [0.15, 0.2) is 18.2 Å². The summed E-state index contributed by atoms with van der Waals surface area (Å²) < 4.78 is 11.3. The zero-order valence-electron chi connectivity index (χ0n) is 14.5. The van der Waals surface area contributed by atoms with Crippen LogP contribution in [0.1, 0.15) is 52.0 Å². The highest BCUT2D eigenvalue weighted by atomic mass is 16.5. The standard InChI is InChI=1S/C18H29NO4/c1-5-13(10-16(19)18(20)21)12(4)15-11-14(22-6-2)8-9-17(15)23-7-3/h8-9,11-13,16H,5-7,10,19H2,1-4H3,(H,20,21). The van der Waals surface area contributed by atoms with Crippen LogP contribution in [0.25, 0.3) is 0 Å². The second kappa shape index (κ2) is 9.40. The summed E-state index contributed by atoms with van der Waals surface area (Å²) in [5, 5.41) is 9.06. The van der Waals surface area contributed by atoms with Gasteiger partial charge in [-0.05, 0) is 50.3 Å². The van der Waals surface area contributed by atoms with Crippen molar-refractivity contribution in [2.75, 3.05) is 13.2 Å². The fraction of sp³-hybridized carbons (Fsp3) is 0.611. The fourth-order valence-corrected chi connectivity index (χ4v) is 2.83. The van der Waals surface area contributed by atoms with Gasteiger partial charge in [0.1, 0.15) is 17.5 Å². The first kappa shape index (κ1) is 19.3. The lowest BCUT2D eigenvalue weighted by Crippen LogP contribution is -2.33. The molecule has 0 aromatic heterocycles. The van der Waals surface area contributed by atoms with Gasteiger partial charge in [0.25, 0.3) is 0 Å². The van der Waals surface area contributed by atoms with Gasteiger partial charge in [-0.15, -0.1) is 0 Å². The van der Waals surface area contributed by atoms with Crippen LogP contribution in [0.4, 0.5) is 0 Å². The second-order valence-corrected chi connectivity index (χ2v) is 5.70. The maximum Gasteiger partial charge on any atom is 0.320 e. The molecule has 0 amide bonds. The Bertz CT molecular complexity index is 504. The van der Waals surface area contributed by atoms with E-state index in [1.807, 2.05) is 32.0 Å². The molecule has 3 unspecified atom stereocenters. The summed E-state index contributed by atoms with van der Waals surface area (Å²) in [7, 11) is 0. The number of carboxylic acid groups (broad SMARTS) is 1. The highest BCUT2D eigenvalue weighted by molar-refractivity contribution is 5.73. The molecule has 1 rings (SSSR count). The van der Waals surface area contributed by atoms with E-state index in [9.17, 15) is 4.79 Å². The Kier molecular flexibility index (Phi) is 7.89. The van der Waals surface area contributed by atoms with Crippen LogP contribution >= 0.6 is 0 Å². The zero-order valence-corrected chi connectivity index (χ0v) is 14.5. The molecule has 0 saturated carbocycles. The average molecular weight is 323 g/mol. The van der Waals surface area contributed by atoms with Crippen molar-refractivity contribution in [3.63, 3.8) is 0 Å². The zero-order chi connectivity index (χ0) is 17.4. The van der Waals surface area contributed by atoms with Crippen LogP contribution in [0.3, 0.4) is 0 Å². The van der Waals surface area contributed by atoms with Gasteiger partial charge in [0.05, 0.1) is 13.2 Å². The molecule has 23 heavy (non-hydrogen) atoms. The summed E-state index contributed by atoms with van der Waals surface area (Å²) in [4.78, 5) is 11.0. The highest BCUT2D eigenvalue weighted by Crippen LogP contribution is 2.37. The summed E-state index contributed by atoms with van der Waals surface area (Å²) >= 11 is 0. The predicted molar refractivity (Wildman–Crippen MR) is 91.2 cm³/mol. The van der Waals surface area contributed by atoms with Gasteiger partial charge in [-0.25, -0.2) is 0 Å². The van der Waals surface area contributed by atoms with Crippen molar-refractivity contribution in [2.45, 2.75) is 52.5 Å². The first-order chi connectivity index (χ1) is 10.9. The topological polar surface area (TPSA) is 81.8 Å². The normalized spacial score (nSPS) is 14.8. The molecule has 5 nitrogen and oxygen atoms in total. The first-order valence-electron chi connectivity index (χ1n) is 8.32. The van der Waals surface area contributed by atoms with Crippen LogP contribution < -0.4 is 15.2 Å². The van der Waals surface area contributed by atoms with Crippen LogP contribution in [0, 0.1) is 5.92 Å². The summed E-state index contributed by atoms with van der Waals surface area (Å²) in [6, 6.07) is 4.97. The lowest BCUT2D eigenvalue weighted by molar-refractivity contribution is -0.139. The number of aliphatic carboxylic acids is 1. The van der Waals surface area contributed by atoms with E-state index in [-0.39, 0.29) is 11.8 Å². The van der Waals surface area contributed by atoms with Gasteiger partial charge < -0.3 is 20.3 Å². The van der Waals surface area contributed by atoms with E-state index >= 15 is 0 Å². The van der Waals surface area contributed by atoms with E-state index in [1.54, 1.807) is 0 Å². The van der Waals surface area contributed by atoms with Crippen molar-refractivity contribution in [3.05, 3.63) is 23.8 Å². The largest absolute Gasteiger partial charge is 0.494 e. The van der Waals surface area contributed by atoms with Crippen molar-refractivity contribution in [2.24, 2.45) is 11.7 Å². The van der Waals surface area contributed by atoms with Gasteiger partial charge in [0.15, 0.2) is 0 Å². The Morgan fingerprint density at radius 3 is 2.39 bits per heavy atom. The van der Waals surface area contributed by atoms with Gasteiger partial charge in [0, 0.05) is 5.56 Å². The van der Waals surface area contributed by atoms with Gasteiger partial charge in [-0.3, -0.25) is 4.79 Å². The van der Waals surface area contributed by atoms with Crippen molar-refractivity contribution >= 4 is 5.97 Å². The Hall–Kier alpha value is -1.75. The summed E-state index contributed by atoms with van der Waals surface area (Å²) in [6.07, 6.45) is 1.30. The maximum atomic E-state index is 11.0. The number of carboxylic acids is 1. The molecule has 3 atom stereocenters. The number of hydrogen-bond donors (Lipinski definition) is 2. The molecule has 130 valence electrons. The van der Waals surface area contributed by atoms with E-state index in [2.05, 4.69) is 13.8 Å². The minimum absolute atomic E-state index is 0.132. The number of benzene rings is 1. The lowest BCUT2D eigenvalue weighted by Gasteiger charge is -2.26. The van der Waals surface area contributed by atoms with E-state index in [0.717, 1.165) is 23.5 Å². The predicted octanol–water partition coefficient (Wildman–Crippen LogP) is 3.42. The molecular weight excluding hydrogens is 294 g/mol. The molecule has 0 spiro atoms. The van der Waals surface area contributed by atoms with E-state index < -0.39 is 12.0 Å². The molecule has 0 heterocycles. The number of carbonyl (C=O) groups is 1. The third kappa shape index (κ3) is 5.43. The van der Waals surface area contributed by atoms with Crippen molar-refractivity contribution < 1.29 is 19.4 Å². The third-order valence-electron chi connectivity index (χ3n) is 4.19. The Morgan fingerprint density at radius 2 is 1.87 bits per heavy atom. The average Bonchev–Trinajstić information content (AvgIpc) is 2.53. The Morgan fingerprint density at radius 1 is 1.22 bits per heavy atom. The van der Waals surface area contributed by atoms with E-state index in [0.29, 0.717) is 19.6 Å². The third-order valence-corrected chi connectivity index (χ3v) is 4.19. The van der Waals surface area contributed by atoms with Gasteiger partial charge in [-0.1, -0.05) is 20.3 Å². The molecule has 0 aliphatic carbocycles. The van der Waals surface area contributed by atoms with Gasteiger partial charge >= 0.3 is 5.97 Å². The van der Waals surface area contributed by atoms with Crippen LogP contribution in [-0.2, 0) is 4.79 Å². The first-order valence-corrected chi connectivity index (χ1v) is 8.32. The quantitative estimate of drug-likeness (QED) is 0.689. The molecule has 0 saturated heterocycles. The van der Waals surface area contributed by atoms with Gasteiger partial charge in [0.2, 0.25) is 0 Å². The van der Waals surface area contributed by atoms with Gasteiger partial charge in [-0.2, -0.15) is 0 Å². The smallest absolute Gasteiger partial charge is 0.320 e. The Balaban J connectivity index is 3.07. The fourth-order valence-electron chi connectivity index (χ4n) is 2.83. The van der Waals surface area contributed by atoms with Crippen LogP contribution in [0.2, 0.25) is 0 Å². The highest BCUT2D eigenvalue weighted by Gasteiger charge is 2.25. The summed E-state index contributed by atoms with van der Waals surface area (Å²) in [6.45, 7) is 9.23.